The molecule has 10 heteroatoms. The minimum atomic E-state index is -0.350. The summed E-state index contributed by atoms with van der Waals surface area (Å²) in [6.45, 7) is 1.14. The summed E-state index contributed by atoms with van der Waals surface area (Å²) >= 11 is 0. The van der Waals surface area contributed by atoms with Gasteiger partial charge in [0.25, 0.3) is 0 Å². The number of rotatable bonds is 6. The Morgan fingerprint density at radius 3 is 2.42 bits per heavy atom. The Kier molecular flexibility index (Phi) is 5.94. The maximum atomic E-state index is 13.6. The molecular weight excluding hydrogens is 463 g/mol. The molecule has 0 atom stereocenters. The van der Waals surface area contributed by atoms with Gasteiger partial charge in [-0.25, -0.2) is 23.9 Å². The van der Waals surface area contributed by atoms with Gasteiger partial charge in [-0.2, -0.15) is 0 Å². The van der Waals surface area contributed by atoms with Gasteiger partial charge in [0.05, 0.1) is 23.6 Å². The highest BCUT2D eigenvalue weighted by Gasteiger charge is 2.33. The monoisotopic (exact) mass is 492 g/mol. The summed E-state index contributed by atoms with van der Waals surface area (Å²) in [7, 11) is 0. The van der Waals surface area contributed by atoms with Gasteiger partial charge in [0.2, 0.25) is 5.95 Å². The summed E-state index contributed by atoms with van der Waals surface area (Å²) in [5.41, 5.74) is 1.73. The summed E-state index contributed by atoms with van der Waals surface area (Å²) in [6, 6.07) is 8.34. The first kappa shape index (κ1) is 22.8. The van der Waals surface area contributed by atoms with E-state index >= 15 is 0 Å². The number of halogens is 1. The van der Waals surface area contributed by atoms with Crippen molar-refractivity contribution < 1.29 is 13.9 Å². The van der Waals surface area contributed by atoms with Crippen LogP contribution in [0.25, 0.3) is 17.1 Å². The molecule has 0 radical (unpaired) electrons. The molecule has 3 aliphatic rings. The maximum Gasteiger partial charge on any atom is 0.410 e. The second-order valence-electron chi connectivity index (χ2n) is 9.82. The second kappa shape index (κ2) is 9.40. The summed E-state index contributed by atoms with van der Waals surface area (Å²) in [5, 5.41) is 3.45. The Morgan fingerprint density at radius 2 is 1.75 bits per heavy atom. The van der Waals surface area contributed by atoms with Crippen molar-refractivity contribution in [3.8, 4) is 17.1 Å². The molecule has 0 bridgehead atoms. The molecule has 2 aliphatic carbocycles. The van der Waals surface area contributed by atoms with Gasteiger partial charge in [-0.05, 0) is 75.3 Å². The third-order valence-corrected chi connectivity index (χ3v) is 7.65. The Bertz CT molecular complexity index is 1310. The van der Waals surface area contributed by atoms with Crippen LogP contribution in [0.4, 0.5) is 15.1 Å². The molecule has 3 aromatic rings. The van der Waals surface area contributed by atoms with E-state index in [2.05, 4.69) is 10.3 Å². The zero-order valence-corrected chi connectivity index (χ0v) is 20.0. The lowest BCUT2D eigenvalue weighted by molar-refractivity contribution is 0.138. The van der Waals surface area contributed by atoms with Crippen LogP contribution in [0, 0.1) is 5.82 Å². The van der Waals surface area contributed by atoms with Gasteiger partial charge < -0.3 is 15.0 Å². The standard InChI is InChI=1S/C26H29FN6O3/c27-17-4-8-21(9-5-17)33-23(16-32(25(33)34)19-2-1-3-19)22-12-13-28-24(30-22)29-18-6-10-20(11-7-18)31-14-15-36-26(31)35/h4-5,8-9,12-13,16,18-20H,1-3,6-7,10-11,14-15H2,(H,28,29,30). The smallest absolute Gasteiger partial charge is 0.410 e. The molecule has 6 rings (SSSR count). The molecule has 36 heavy (non-hydrogen) atoms. The molecule has 3 fully saturated rings. The summed E-state index contributed by atoms with van der Waals surface area (Å²) in [6.07, 6.45) is 10.0. The number of hydrogen-bond donors (Lipinski definition) is 1. The van der Waals surface area contributed by atoms with Crippen LogP contribution in [0.1, 0.15) is 51.0 Å². The number of carbonyl (C=O) groups is 1. The van der Waals surface area contributed by atoms with E-state index in [4.69, 9.17) is 9.72 Å². The maximum absolute atomic E-state index is 13.6. The van der Waals surface area contributed by atoms with Crippen LogP contribution in [-0.4, -0.2) is 55.3 Å². The molecule has 2 aromatic heterocycles. The average Bonchev–Trinajstić information content (AvgIpc) is 3.43. The van der Waals surface area contributed by atoms with Crippen molar-refractivity contribution >= 4 is 12.0 Å². The molecule has 0 spiro atoms. The fourth-order valence-electron chi connectivity index (χ4n) is 5.43. The highest BCUT2D eigenvalue weighted by Crippen LogP contribution is 2.33. The van der Waals surface area contributed by atoms with Crippen LogP contribution in [-0.2, 0) is 4.74 Å². The van der Waals surface area contributed by atoms with Crippen molar-refractivity contribution in [2.75, 3.05) is 18.5 Å². The molecule has 3 heterocycles. The van der Waals surface area contributed by atoms with E-state index in [0.717, 1.165) is 44.9 Å². The summed E-state index contributed by atoms with van der Waals surface area (Å²) in [5.74, 6) is 0.155. The number of amides is 1. The largest absolute Gasteiger partial charge is 0.448 e. The Balaban J connectivity index is 1.24. The number of aromatic nitrogens is 4. The Hall–Kier alpha value is -3.69. The molecule has 1 saturated heterocycles. The van der Waals surface area contributed by atoms with Gasteiger partial charge in [-0.1, -0.05) is 0 Å². The van der Waals surface area contributed by atoms with Crippen LogP contribution in [0.3, 0.4) is 0 Å². The molecule has 9 nitrogen and oxygen atoms in total. The van der Waals surface area contributed by atoms with Gasteiger partial charge in [0, 0.05) is 30.5 Å². The van der Waals surface area contributed by atoms with Crippen molar-refractivity contribution in [3.05, 3.63) is 59.0 Å². The number of imidazole rings is 1. The predicted octanol–water partition coefficient (Wildman–Crippen LogP) is 4.14. The Labute approximate surface area is 207 Å². The quantitative estimate of drug-likeness (QED) is 0.556. The third-order valence-electron chi connectivity index (χ3n) is 7.65. The lowest BCUT2D eigenvalue weighted by atomic mass is 9.90. The highest BCUT2D eigenvalue weighted by atomic mass is 19.1. The molecule has 188 valence electrons. The normalized spacial score (nSPS) is 22.4. The Morgan fingerprint density at radius 1 is 0.972 bits per heavy atom. The van der Waals surface area contributed by atoms with Crippen molar-refractivity contribution in [3.63, 3.8) is 0 Å². The first-order valence-corrected chi connectivity index (χ1v) is 12.7. The number of anilines is 1. The van der Waals surface area contributed by atoms with E-state index in [1.54, 1.807) is 33.5 Å². The molecular formula is C26H29FN6O3. The first-order valence-electron chi connectivity index (χ1n) is 12.7. The van der Waals surface area contributed by atoms with E-state index in [-0.39, 0.29) is 35.7 Å². The summed E-state index contributed by atoms with van der Waals surface area (Å²) < 4.78 is 22.1. The molecule has 1 amide bonds. The zero-order valence-electron chi connectivity index (χ0n) is 20.0. The van der Waals surface area contributed by atoms with Crippen LogP contribution in [0.5, 0.6) is 0 Å². The minimum Gasteiger partial charge on any atom is -0.448 e. The highest BCUT2D eigenvalue weighted by molar-refractivity contribution is 5.69. The van der Waals surface area contributed by atoms with E-state index in [0.29, 0.717) is 36.2 Å². The number of ether oxygens (including phenoxy) is 1. The predicted molar refractivity (Wildman–Crippen MR) is 132 cm³/mol. The van der Waals surface area contributed by atoms with Crippen LogP contribution in [0.2, 0.25) is 0 Å². The van der Waals surface area contributed by atoms with E-state index < -0.39 is 0 Å². The number of nitrogens with one attached hydrogen (secondary N) is 1. The van der Waals surface area contributed by atoms with E-state index in [9.17, 15) is 14.0 Å². The SMILES string of the molecule is O=C1OCCN1C1CCC(Nc2nccc(-c3cn(C4CCC4)c(=O)n3-c3ccc(F)cc3)n2)CC1. The molecule has 0 unspecified atom stereocenters. The van der Waals surface area contributed by atoms with Gasteiger partial charge in [-0.3, -0.25) is 9.13 Å². The zero-order chi connectivity index (χ0) is 24.6. The molecule has 1 N–H and O–H groups in total. The van der Waals surface area contributed by atoms with Crippen molar-refractivity contribution in [2.24, 2.45) is 0 Å². The first-order chi connectivity index (χ1) is 17.6. The topological polar surface area (TPSA) is 94.3 Å². The molecule has 1 aliphatic heterocycles. The number of hydrogen-bond acceptors (Lipinski definition) is 6. The fraction of sp³-hybridized carbons (Fsp3) is 0.462. The van der Waals surface area contributed by atoms with Crippen molar-refractivity contribution in [1.29, 1.82) is 0 Å². The number of carbonyl (C=O) groups excluding carboxylic acids is 1. The van der Waals surface area contributed by atoms with E-state index in [1.807, 2.05) is 11.1 Å². The summed E-state index contributed by atoms with van der Waals surface area (Å²) in [4.78, 5) is 36.3. The van der Waals surface area contributed by atoms with Crippen molar-refractivity contribution in [2.45, 2.75) is 63.1 Å². The fourth-order valence-corrected chi connectivity index (χ4v) is 5.43. The lowest BCUT2D eigenvalue weighted by Gasteiger charge is -2.33. The number of nitrogens with zero attached hydrogens (tertiary/aromatic N) is 5. The van der Waals surface area contributed by atoms with Gasteiger partial charge in [0.15, 0.2) is 0 Å². The number of benzene rings is 1. The van der Waals surface area contributed by atoms with Gasteiger partial charge in [-0.15, -0.1) is 0 Å². The minimum absolute atomic E-state index is 0.145. The molecule has 2 saturated carbocycles. The van der Waals surface area contributed by atoms with Gasteiger partial charge in [0.1, 0.15) is 12.4 Å². The van der Waals surface area contributed by atoms with Gasteiger partial charge >= 0.3 is 11.8 Å². The third kappa shape index (κ3) is 4.25. The van der Waals surface area contributed by atoms with Crippen LogP contribution in [0.15, 0.2) is 47.5 Å². The van der Waals surface area contributed by atoms with Crippen LogP contribution < -0.4 is 11.0 Å². The number of cyclic esters (lactones) is 1. The molecule has 1 aromatic carbocycles. The average molecular weight is 493 g/mol. The second-order valence-corrected chi connectivity index (χ2v) is 9.82. The van der Waals surface area contributed by atoms with Crippen molar-refractivity contribution in [1.82, 2.24) is 24.0 Å². The van der Waals surface area contributed by atoms with Crippen LogP contribution >= 0.6 is 0 Å². The van der Waals surface area contributed by atoms with E-state index in [1.165, 1.54) is 12.1 Å². The lowest BCUT2D eigenvalue weighted by Crippen LogP contribution is -2.41.